The second-order valence-corrected chi connectivity index (χ2v) is 15.2. The van der Waals surface area contributed by atoms with Gasteiger partial charge in [-0.15, -0.1) is 0 Å². The third-order valence-corrected chi connectivity index (χ3v) is 12.0. The standard InChI is InChI=1S/C19H28O4SSi/c1-19(2,3)25(4,5)23-14-11-12-16-18(22-16)17(13-14)24(20,21)15-9-7-6-8-10-15/h6-10,13-14,16,18H,11-12H2,1-5H3/t14-,16+,18+/m1/s1. The molecule has 1 aromatic rings. The number of hydrogen-bond acceptors (Lipinski definition) is 4. The highest BCUT2D eigenvalue weighted by molar-refractivity contribution is 7.95. The third kappa shape index (κ3) is 3.77. The zero-order valence-corrected chi connectivity index (χ0v) is 17.5. The van der Waals surface area contributed by atoms with E-state index in [1.54, 1.807) is 24.3 Å². The molecule has 6 heteroatoms. The Kier molecular flexibility index (Phi) is 4.77. The molecule has 1 aromatic carbocycles. The molecule has 4 nitrogen and oxygen atoms in total. The number of sulfone groups is 1. The van der Waals surface area contributed by atoms with Gasteiger partial charge in [0.1, 0.15) is 6.10 Å². The van der Waals surface area contributed by atoms with Crippen LogP contribution in [0, 0.1) is 0 Å². The first-order chi connectivity index (χ1) is 11.5. The van der Waals surface area contributed by atoms with Gasteiger partial charge in [-0.05, 0) is 49.2 Å². The van der Waals surface area contributed by atoms with E-state index in [4.69, 9.17) is 9.16 Å². The van der Waals surface area contributed by atoms with E-state index in [1.165, 1.54) is 0 Å². The number of benzene rings is 1. The normalized spacial score (nSPS) is 27.2. The summed E-state index contributed by atoms with van der Waals surface area (Å²) in [6, 6.07) is 8.60. The Morgan fingerprint density at radius 1 is 1.12 bits per heavy atom. The van der Waals surface area contributed by atoms with Crippen LogP contribution in [0.1, 0.15) is 33.6 Å². The first kappa shape index (κ1) is 18.8. The van der Waals surface area contributed by atoms with Crippen molar-refractivity contribution in [1.29, 1.82) is 0 Å². The van der Waals surface area contributed by atoms with Crippen LogP contribution < -0.4 is 0 Å². The van der Waals surface area contributed by atoms with Crippen LogP contribution in [0.15, 0.2) is 46.2 Å². The molecule has 0 bridgehead atoms. The summed E-state index contributed by atoms with van der Waals surface area (Å²) in [7, 11) is -5.52. The van der Waals surface area contributed by atoms with E-state index in [0.29, 0.717) is 9.80 Å². The van der Waals surface area contributed by atoms with E-state index in [9.17, 15) is 8.42 Å². The lowest BCUT2D eigenvalue weighted by Crippen LogP contribution is -2.43. The maximum absolute atomic E-state index is 13.1. The second kappa shape index (κ2) is 6.34. The minimum absolute atomic E-state index is 0.0118. The average molecular weight is 381 g/mol. The van der Waals surface area contributed by atoms with Gasteiger partial charge in [0, 0.05) is 0 Å². The number of hydrogen-bond donors (Lipinski definition) is 0. The van der Waals surface area contributed by atoms with Crippen molar-refractivity contribution in [1.82, 2.24) is 0 Å². The molecule has 25 heavy (non-hydrogen) atoms. The van der Waals surface area contributed by atoms with Crippen molar-refractivity contribution in [2.75, 3.05) is 0 Å². The smallest absolute Gasteiger partial charge is 0.205 e. The molecule has 1 heterocycles. The van der Waals surface area contributed by atoms with E-state index < -0.39 is 18.2 Å². The summed E-state index contributed by atoms with van der Waals surface area (Å²) in [6.07, 6.45) is 3.01. The molecule has 0 N–H and O–H groups in total. The molecule has 1 aliphatic carbocycles. The molecule has 0 spiro atoms. The Balaban J connectivity index is 1.93. The topological polar surface area (TPSA) is 55.9 Å². The van der Waals surface area contributed by atoms with E-state index in [2.05, 4.69) is 33.9 Å². The highest BCUT2D eigenvalue weighted by atomic mass is 32.2. The highest BCUT2D eigenvalue weighted by Crippen LogP contribution is 2.43. The van der Waals surface area contributed by atoms with E-state index >= 15 is 0 Å². The zero-order valence-electron chi connectivity index (χ0n) is 15.7. The van der Waals surface area contributed by atoms with E-state index in [0.717, 1.165) is 12.8 Å². The zero-order chi connectivity index (χ0) is 18.5. The van der Waals surface area contributed by atoms with Gasteiger partial charge in [0.25, 0.3) is 0 Å². The van der Waals surface area contributed by atoms with Crippen molar-refractivity contribution in [2.45, 2.75) is 75.0 Å². The largest absolute Gasteiger partial charge is 0.411 e. The molecule has 0 saturated carbocycles. The molecule has 0 amide bonds. The van der Waals surface area contributed by atoms with Crippen LogP contribution in [-0.4, -0.2) is 35.0 Å². The summed E-state index contributed by atoms with van der Waals surface area (Å²) in [5.41, 5.74) is 0. The molecule has 2 aliphatic rings. The number of ether oxygens (including phenoxy) is 1. The van der Waals surface area contributed by atoms with Crippen molar-refractivity contribution in [3.63, 3.8) is 0 Å². The molecular weight excluding hydrogens is 352 g/mol. The molecule has 0 radical (unpaired) electrons. The molecule has 138 valence electrons. The summed E-state index contributed by atoms with van der Waals surface area (Å²) in [5, 5.41) is 0.0883. The number of fused-ring (bicyclic) bond motifs is 1. The fourth-order valence-corrected chi connectivity index (χ4v) is 5.86. The summed E-state index contributed by atoms with van der Waals surface area (Å²) in [4.78, 5) is 0.702. The van der Waals surface area contributed by atoms with E-state index in [-0.39, 0.29) is 23.4 Å². The SMILES string of the molecule is CC(C)(C)[Si](C)(C)O[C@H]1C=C(S(=O)(=O)c2ccccc2)[C@H]2O[C@H]2CC1. The van der Waals surface area contributed by atoms with Gasteiger partial charge in [-0.2, -0.15) is 0 Å². The van der Waals surface area contributed by atoms with Gasteiger partial charge >= 0.3 is 0 Å². The maximum atomic E-state index is 13.1. The lowest BCUT2D eigenvalue weighted by Gasteiger charge is -2.38. The molecule has 3 rings (SSSR count). The van der Waals surface area contributed by atoms with Crippen molar-refractivity contribution in [3.8, 4) is 0 Å². The van der Waals surface area contributed by atoms with Gasteiger partial charge in [-0.3, -0.25) is 0 Å². The first-order valence-electron chi connectivity index (χ1n) is 8.87. The van der Waals surface area contributed by atoms with Gasteiger partial charge in [0.15, 0.2) is 8.32 Å². The summed E-state index contributed by atoms with van der Waals surface area (Å²) in [6.45, 7) is 11.0. The fourth-order valence-electron chi connectivity index (χ4n) is 2.93. The van der Waals surface area contributed by atoms with Crippen LogP contribution in [0.3, 0.4) is 0 Å². The highest BCUT2D eigenvalue weighted by Gasteiger charge is 2.49. The summed E-state index contributed by atoms with van der Waals surface area (Å²) in [5.74, 6) is 0. The van der Waals surface area contributed by atoms with Crippen molar-refractivity contribution >= 4 is 18.2 Å². The molecular formula is C19H28O4SSi. The van der Waals surface area contributed by atoms with Crippen LogP contribution in [0.2, 0.25) is 18.1 Å². The van der Waals surface area contributed by atoms with E-state index in [1.807, 2.05) is 12.1 Å². The van der Waals surface area contributed by atoms with Crippen molar-refractivity contribution in [2.24, 2.45) is 0 Å². The summed E-state index contributed by atoms with van der Waals surface area (Å²) >= 11 is 0. The molecule has 1 fully saturated rings. The van der Waals surface area contributed by atoms with Crippen LogP contribution in [0.25, 0.3) is 0 Å². The first-order valence-corrected chi connectivity index (χ1v) is 13.3. The Labute approximate surface area is 152 Å². The van der Waals surface area contributed by atoms with Crippen LogP contribution >= 0.6 is 0 Å². The predicted octanol–water partition coefficient (Wildman–Crippen LogP) is 4.30. The molecule has 3 atom stereocenters. The Hall–Kier alpha value is -0.953. The van der Waals surface area contributed by atoms with Gasteiger partial charge in [0.05, 0.1) is 22.0 Å². The molecule has 1 saturated heterocycles. The lowest BCUT2D eigenvalue weighted by atomic mass is 10.2. The van der Waals surface area contributed by atoms with Crippen molar-refractivity contribution in [3.05, 3.63) is 41.3 Å². The maximum Gasteiger partial charge on any atom is 0.205 e. The lowest BCUT2D eigenvalue weighted by molar-refractivity contribution is 0.204. The van der Waals surface area contributed by atoms with Crippen LogP contribution in [0.5, 0.6) is 0 Å². The summed E-state index contributed by atoms with van der Waals surface area (Å²) < 4.78 is 38.3. The average Bonchev–Trinajstić information content (AvgIpc) is 3.28. The van der Waals surface area contributed by atoms with Gasteiger partial charge in [-0.25, -0.2) is 8.42 Å². The van der Waals surface area contributed by atoms with Crippen molar-refractivity contribution < 1.29 is 17.6 Å². The number of rotatable bonds is 4. The molecule has 0 aromatic heterocycles. The predicted molar refractivity (Wildman–Crippen MR) is 102 cm³/mol. The Morgan fingerprint density at radius 3 is 2.36 bits per heavy atom. The van der Waals surface area contributed by atoms with Gasteiger partial charge < -0.3 is 9.16 Å². The fraction of sp³-hybridized carbons (Fsp3) is 0.579. The monoisotopic (exact) mass is 380 g/mol. The molecule has 0 unspecified atom stereocenters. The van der Waals surface area contributed by atoms with Gasteiger partial charge in [-0.1, -0.05) is 39.0 Å². The quantitative estimate of drug-likeness (QED) is 0.577. The molecule has 1 aliphatic heterocycles. The second-order valence-electron chi connectivity index (χ2n) is 8.47. The van der Waals surface area contributed by atoms with Crippen LogP contribution in [-0.2, 0) is 19.0 Å². The van der Waals surface area contributed by atoms with Gasteiger partial charge in [0.2, 0.25) is 9.84 Å². The Morgan fingerprint density at radius 2 is 1.76 bits per heavy atom. The Bertz CT molecular complexity index is 762. The minimum Gasteiger partial charge on any atom is -0.411 e. The van der Waals surface area contributed by atoms with Crippen LogP contribution in [0.4, 0.5) is 0 Å². The number of epoxide rings is 1. The minimum atomic E-state index is -3.55. The third-order valence-electron chi connectivity index (χ3n) is 5.56.